The summed E-state index contributed by atoms with van der Waals surface area (Å²) in [6, 6.07) is 7.27. The summed E-state index contributed by atoms with van der Waals surface area (Å²) in [6.07, 6.45) is 1.05. The quantitative estimate of drug-likeness (QED) is 0.313. The van der Waals surface area contributed by atoms with E-state index in [1.807, 2.05) is 12.1 Å². The first kappa shape index (κ1) is 19.3. The van der Waals surface area contributed by atoms with E-state index in [2.05, 4.69) is 24.2 Å². The number of guanidine groups is 1. The summed E-state index contributed by atoms with van der Waals surface area (Å²) in [5, 5.41) is 3.72. The summed E-state index contributed by atoms with van der Waals surface area (Å²) < 4.78 is 5.52. The van der Waals surface area contributed by atoms with Gasteiger partial charge in [0, 0.05) is 11.6 Å². The molecule has 0 unspecified atom stereocenters. The van der Waals surface area contributed by atoms with Gasteiger partial charge in [-0.3, -0.25) is 4.99 Å². The highest BCUT2D eigenvalue weighted by atomic mass is 127. The predicted octanol–water partition coefficient (Wildman–Crippen LogP) is 3.29. The molecule has 0 aliphatic rings. The van der Waals surface area contributed by atoms with Crippen LogP contribution in [0.25, 0.3) is 0 Å². The Kier molecular flexibility index (Phi) is 10.6. The van der Waals surface area contributed by atoms with Crippen molar-refractivity contribution in [3.05, 3.63) is 29.3 Å². The van der Waals surface area contributed by atoms with E-state index >= 15 is 0 Å². The molecule has 20 heavy (non-hydrogen) atoms. The fraction of sp³-hybridized carbons (Fsp3) is 0.500. The number of nitrogens with zero attached hydrogens (tertiary/aromatic N) is 1. The first-order valence-electron chi connectivity index (χ1n) is 6.50. The molecule has 0 aliphatic heterocycles. The fourth-order valence-corrected chi connectivity index (χ4v) is 1.50. The van der Waals surface area contributed by atoms with Crippen LogP contribution in [0.2, 0.25) is 5.02 Å². The summed E-state index contributed by atoms with van der Waals surface area (Å²) in [6.45, 7) is 6.24. The summed E-state index contributed by atoms with van der Waals surface area (Å²) in [5.41, 5.74) is 5.73. The van der Waals surface area contributed by atoms with Gasteiger partial charge in [-0.2, -0.15) is 0 Å². The van der Waals surface area contributed by atoms with E-state index in [1.165, 1.54) is 0 Å². The smallest absolute Gasteiger partial charge is 0.188 e. The summed E-state index contributed by atoms with van der Waals surface area (Å²) in [7, 11) is 0. The summed E-state index contributed by atoms with van der Waals surface area (Å²) in [5.74, 6) is 1.91. The highest BCUT2D eigenvalue weighted by Gasteiger charge is 1.96. The minimum absolute atomic E-state index is 0. The minimum Gasteiger partial charge on any atom is -0.492 e. The zero-order chi connectivity index (χ0) is 14.1. The molecule has 0 aliphatic carbocycles. The number of nitrogens with two attached hydrogens (primary N) is 1. The second kappa shape index (κ2) is 11.0. The topological polar surface area (TPSA) is 59.6 Å². The second-order valence-corrected chi connectivity index (χ2v) is 5.12. The molecule has 1 aromatic rings. The predicted molar refractivity (Wildman–Crippen MR) is 96.3 cm³/mol. The maximum absolute atomic E-state index is 5.79. The molecule has 6 heteroatoms. The van der Waals surface area contributed by atoms with E-state index in [4.69, 9.17) is 22.1 Å². The van der Waals surface area contributed by atoms with Crippen molar-refractivity contribution < 1.29 is 4.74 Å². The van der Waals surface area contributed by atoms with Gasteiger partial charge in [-0.25, -0.2) is 0 Å². The molecule has 0 aromatic heterocycles. The normalized spacial score (nSPS) is 11.1. The van der Waals surface area contributed by atoms with Crippen molar-refractivity contribution in [2.75, 3.05) is 19.7 Å². The maximum Gasteiger partial charge on any atom is 0.188 e. The van der Waals surface area contributed by atoms with Crippen molar-refractivity contribution in [2.45, 2.75) is 20.3 Å². The third kappa shape index (κ3) is 9.25. The molecule has 0 heterocycles. The molecule has 0 atom stereocenters. The van der Waals surface area contributed by atoms with Crippen LogP contribution in [-0.2, 0) is 0 Å². The number of halogens is 2. The highest BCUT2D eigenvalue weighted by Crippen LogP contribution is 2.14. The van der Waals surface area contributed by atoms with Crippen molar-refractivity contribution in [1.82, 2.24) is 5.32 Å². The number of hydrogen-bond acceptors (Lipinski definition) is 2. The number of aliphatic imine (C=N–C) groups is 1. The van der Waals surface area contributed by atoms with Gasteiger partial charge in [0.05, 0.1) is 6.54 Å². The Morgan fingerprint density at radius 3 is 2.60 bits per heavy atom. The van der Waals surface area contributed by atoms with Gasteiger partial charge in [-0.1, -0.05) is 25.4 Å². The van der Waals surface area contributed by atoms with Crippen molar-refractivity contribution in [3.63, 3.8) is 0 Å². The van der Waals surface area contributed by atoms with Crippen LogP contribution in [0.3, 0.4) is 0 Å². The number of rotatable bonds is 7. The molecule has 114 valence electrons. The van der Waals surface area contributed by atoms with Crippen LogP contribution in [0.5, 0.6) is 5.75 Å². The molecule has 0 radical (unpaired) electrons. The van der Waals surface area contributed by atoms with Gasteiger partial charge >= 0.3 is 0 Å². The molecule has 0 saturated carbocycles. The average Bonchev–Trinajstić information content (AvgIpc) is 2.36. The average molecular weight is 412 g/mol. The van der Waals surface area contributed by atoms with Gasteiger partial charge in [-0.15, -0.1) is 24.0 Å². The molecule has 1 aromatic carbocycles. The third-order valence-electron chi connectivity index (χ3n) is 2.48. The van der Waals surface area contributed by atoms with Gasteiger partial charge in [0.1, 0.15) is 12.4 Å². The Bertz CT molecular complexity index is 396. The molecular weight excluding hydrogens is 389 g/mol. The maximum atomic E-state index is 5.79. The molecule has 4 nitrogen and oxygen atoms in total. The van der Waals surface area contributed by atoms with Crippen LogP contribution < -0.4 is 15.8 Å². The van der Waals surface area contributed by atoms with Crippen molar-refractivity contribution in [1.29, 1.82) is 0 Å². The lowest BCUT2D eigenvalue weighted by atomic mass is 10.1. The van der Waals surface area contributed by atoms with E-state index in [-0.39, 0.29) is 24.0 Å². The van der Waals surface area contributed by atoms with Gasteiger partial charge in [0.25, 0.3) is 0 Å². The Hall–Kier alpha value is -0.690. The van der Waals surface area contributed by atoms with E-state index in [1.54, 1.807) is 12.1 Å². The Balaban J connectivity index is 0.00000361. The van der Waals surface area contributed by atoms with Crippen molar-refractivity contribution in [3.8, 4) is 5.75 Å². The number of ether oxygens (including phenoxy) is 1. The Morgan fingerprint density at radius 2 is 2.00 bits per heavy atom. The van der Waals surface area contributed by atoms with E-state index in [9.17, 15) is 0 Å². The molecule has 0 saturated heterocycles. The van der Waals surface area contributed by atoms with Crippen LogP contribution in [0.15, 0.2) is 29.3 Å². The zero-order valence-electron chi connectivity index (χ0n) is 11.9. The van der Waals surface area contributed by atoms with Crippen molar-refractivity contribution in [2.24, 2.45) is 16.6 Å². The van der Waals surface area contributed by atoms with Crippen molar-refractivity contribution >= 4 is 41.5 Å². The van der Waals surface area contributed by atoms with Crippen LogP contribution in [0, 0.1) is 5.92 Å². The van der Waals surface area contributed by atoms with Crippen LogP contribution >= 0.6 is 35.6 Å². The lowest BCUT2D eigenvalue weighted by Gasteiger charge is -2.08. The van der Waals surface area contributed by atoms with E-state index < -0.39 is 0 Å². The lowest BCUT2D eigenvalue weighted by Crippen LogP contribution is -2.34. The highest BCUT2D eigenvalue weighted by molar-refractivity contribution is 14.0. The molecule has 0 fully saturated rings. The third-order valence-corrected chi connectivity index (χ3v) is 2.73. The van der Waals surface area contributed by atoms with E-state index in [0.717, 1.165) is 18.7 Å². The molecular formula is C14H23ClIN3O. The Labute approximate surface area is 143 Å². The van der Waals surface area contributed by atoms with E-state index in [0.29, 0.717) is 30.1 Å². The summed E-state index contributed by atoms with van der Waals surface area (Å²) in [4.78, 5) is 4.23. The second-order valence-electron chi connectivity index (χ2n) is 4.68. The lowest BCUT2D eigenvalue weighted by molar-refractivity contribution is 0.322. The molecule has 0 spiro atoms. The van der Waals surface area contributed by atoms with Crippen LogP contribution in [-0.4, -0.2) is 25.7 Å². The largest absolute Gasteiger partial charge is 0.492 e. The first-order chi connectivity index (χ1) is 9.08. The fourth-order valence-electron chi connectivity index (χ4n) is 1.38. The van der Waals surface area contributed by atoms with Crippen LogP contribution in [0.4, 0.5) is 0 Å². The number of benzene rings is 1. The zero-order valence-corrected chi connectivity index (χ0v) is 15.0. The Morgan fingerprint density at radius 1 is 1.35 bits per heavy atom. The molecule has 1 rings (SSSR count). The standard InChI is InChI=1S/C14H22ClN3O.HI/c1-11(2)7-8-17-14(16)18-9-10-19-13-5-3-12(15)4-6-13;/h3-6,11H,7-10H2,1-2H3,(H3,16,17,18);1H. The SMILES string of the molecule is CC(C)CCN=C(N)NCCOc1ccc(Cl)cc1.I. The number of hydrogen-bond donors (Lipinski definition) is 2. The van der Waals surface area contributed by atoms with Gasteiger partial charge in [-0.05, 0) is 36.6 Å². The minimum atomic E-state index is 0. The number of nitrogens with one attached hydrogen (secondary N) is 1. The molecule has 0 amide bonds. The first-order valence-corrected chi connectivity index (χ1v) is 6.88. The van der Waals surface area contributed by atoms with Crippen LogP contribution in [0.1, 0.15) is 20.3 Å². The van der Waals surface area contributed by atoms with Gasteiger partial charge in [0.15, 0.2) is 5.96 Å². The molecule has 3 N–H and O–H groups in total. The van der Waals surface area contributed by atoms with Gasteiger partial charge < -0.3 is 15.8 Å². The van der Waals surface area contributed by atoms with Gasteiger partial charge in [0.2, 0.25) is 0 Å². The molecule has 0 bridgehead atoms. The monoisotopic (exact) mass is 411 g/mol. The summed E-state index contributed by atoms with van der Waals surface area (Å²) >= 11 is 5.79.